The van der Waals surface area contributed by atoms with E-state index in [0.29, 0.717) is 11.6 Å². The SMILES string of the molecule is CCc1ccccc1CNC1CCN(c2ncccc2C(=O)OC(C)C)C1. The molecule has 1 aliphatic heterocycles. The molecule has 3 rings (SSSR count). The van der Waals surface area contributed by atoms with Gasteiger partial charge in [0.2, 0.25) is 0 Å². The zero-order valence-electron chi connectivity index (χ0n) is 16.4. The van der Waals surface area contributed by atoms with Crippen molar-refractivity contribution in [3.63, 3.8) is 0 Å². The van der Waals surface area contributed by atoms with E-state index in [9.17, 15) is 4.79 Å². The van der Waals surface area contributed by atoms with Crippen LogP contribution in [-0.4, -0.2) is 36.2 Å². The summed E-state index contributed by atoms with van der Waals surface area (Å²) in [6.45, 7) is 8.50. The highest BCUT2D eigenvalue weighted by Crippen LogP contribution is 2.23. The highest BCUT2D eigenvalue weighted by atomic mass is 16.5. The Morgan fingerprint density at radius 1 is 1.26 bits per heavy atom. The van der Waals surface area contributed by atoms with Crippen LogP contribution in [0.4, 0.5) is 5.82 Å². The molecule has 0 bridgehead atoms. The van der Waals surface area contributed by atoms with Crippen LogP contribution >= 0.6 is 0 Å². The maximum atomic E-state index is 12.4. The number of benzene rings is 1. The number of carbonyl (C=O) groups excluding carboxylic acids is 1. The second kappa shape index (κ2) is 9.00. The van der Waals surface area contributed by atoms with Gasteiger partial charge in [-0.15, -0.1) is 0 Å². The summed E-state index contributed by atoms with van der Waals surface area (Å²) in [5.41, 5.74) is 3.30. The molecule has 2 heterocycles. The molecule has 0 aliphatic carbocycles. The van der Waals surface area contributed by atoms with Crippen LogP contribution in [0.3, 0.4) is 0 Å². The second-order valence-electron chi connectivity index (χ2n) is 7.26. The van der Waals surface area contributed by atoms with Gasteiger partial charge in [0.1, 0.15) is 11.4 Å². The van der Waals surface area contributed by atoms with Gasteiger partial charge in [-0.2, -0.15) is 0 Å². The summed E-state index contributed by atoms with van der Waals surface area (Å²) < 4.78 is 5.37. The first kappa shape index (κ1) is 19.4. The summed E-state index contributed by atoms with van der Waals surface area (Å²) >= 11 is 0. The van der Waals surface area contributed by atoms with Gasteiger partial charge < -0.3 is 15.0 Å². The van der Waals surface area contributed by atoms with Crippen LogP contribution in [0.15, 0.2) is 42.6 Å². The summed E-state index contributed by atoms with van der Waals surface area (Å²) in [6, 6.07) is 12.5. The van der Waals surface area contributed by atoms with E-state index in [1.54, 1.807) is 18.3 Å². The van der Waals surface area contributed by atoms with Gasteiger partial charge in [0.05, 0.1) is 6.10 Å². The molecule has 27 heavy (non-hydrogen) atoms. The molecule has 1 fully saturated rings. The van der Waals surface area contributed by atoms with E-state index >= 15 is 0 Å². The monoisotopic (exact) mass is 367 g/mol. The minimum absolute atomic E-state index is 0.141. The summed E-state index contributed by atoms with van der Waals surface area (Å²) in [6.07, 6.45) is 3.67. The molecule has 0 spiro atoms. The van der Waals surface area contributed by atoms with Crippen LogP contribution in [-0.2, 0) is 17.7 Å². The van der Waals surface area contributed by atoms with E-state index in [-0.39, 0.29) is 12.1 Å². The van der Waals surface area contributed by atoms with Gasteiger partial charge in [0.15, 0.2) is 0 Å². The standard InChI is InChI=1S/C22H29N3O2/c1-4-17-8-5-6-9-18(17)14-24-19-11-13-25(15-19)21-20(10-7-12-23-21)22(26)27-16(2)3/h5-10,12,16,19,24H,4,11,13-15H2,1-3H3. The van der Waals surface area contributed by atoms with Crippen molar-refractivity contribution in [2.24, 2.45) is 0 Å². The van der Waals surface area contributed by atoms with Crippen molar-refractivity contribution in [3.8, 4) is 0 Å². The predicted molar refractivity (Wildman–Crippen MR) is 108 cm³/mol. The molecular weight excluding hydrogens is 338 g/mol. The predicted octanol–water partition coefficient (Wildman–Crippen LogP) is 3.58. The summed E-state index contributed by atoms with van der Waals surface area (Å²) in [4.78, 5) is 19.0. The minimum Gasteiger partial charge on any atom is -0.459 e. The topological polar surface area (TPSA) is 54.5 Å². The lowest BCUT2D eigenvalue weighted by Gasteiger charge is -2.21. The van der Waals surface area contributed by atoms with E-state index in [2.05, 4.69) is 46.4 Å². The van der Waals surface area contributed by atoms with Crippen molar-refractivity contribution in [3.05, 3.63) is 59.3 Å². The Morgan fingerprint density at radius 3 is 2.78 bits per heavy atom. The van der Waals surface area contributed by atoms with Crippen LogP contribution in [0.5, 0.6) is 0 Å². The van der Waals surface area contributed by atoms with Gasteiger partial charge in [0, 0.05) is 31.9 Å². The van der Waals surface area contributed by atoms with Crippen molar-refractivity contribution >= 4 is 11.8 Å². The highest BCUT2D eigenvalue weighted by molar-refractivity contribution is 5.94. The molecular formula is C22H29N3O2. The smallest absolute Gasteiger partial charge is 0.342 e. The molecule has 0 amide bonds. The maximum absolute atomic E-state index is 12.4. The molecule has 1 aromatic carbocycles. The molecule has 5 nitrogen and oxygen atoms in total. The molecule has 1 aliphatic rings. The molecule has 2 aromatic rings. The third kappa shape index (κ3) is 4.86. The summed E-state index contributed by atoms with van der Waals surface area (Å²) in [5.74, 6) is 0.419. The number of hydrogen-bond donors (Lipinski definition) is 1. The number of aryl methyl sites for hydroxylation is 1. The lowest BCUT2D eigenvalue weighted by Crippen LogP contribution is -2.33. The average molecular weight is 367 g/mol. The Labute approximate surface area is 161 Å². The zero-order valence-corrected chi connectivity index (χ0v) is 16.4. The number of esters is 1. The number of ether oxygens (including phenoxy) is 1. The normalized spacial score (nSPS) is 16.7. The number of nitrogens with one attached hydrogen (secondary N) is 1. The third-order valence-corrected chi connectivity index (χ3v) is 4.92. The van der Waals surface area contributed by atoms with Crippen LogP contribution in [0.1, 0.15) is 48.7 Å². The van der Waals surface area contributed by atoms with Gasteiger partial charge >= 0.3 is 5.97 Å². The van der Waals surface area contributed by atoms with Gasteiger partial charge in [0.25, 0.3) is 0 Å². The van der Waals surface area contributed by atoms with Gasteiger partial charge in [-0.3, -0.25) is 0 Å². The fourth-order valence-corrected chi connectivity index (χ4v) is 3.53. The van der Waals surface area contributed by atoms with Crippen molar-refractivity contribution < 1.29 is 9.53 Å². The van der Waals surface area contributed by atoms with Crippen LogP contribution < -0.4 is 10.2 Å². The Morgan fingerprint density at radius 2 is 2.04 bits per heavy atom. The van der Waals surface area contributed by atoms with Crippen molar-refractivity contribution in [1.29, 1.82) is 0 Å². The number of pyridine rings is 1. The van der Waals surface area contributed by atoms with E-state index in [0.717, 1.165) is 38.3 Å². The molecule has 1 saturated heterocycles. The Balaban J connectivity index is 1.64. The Kier molecular flexibility index (Phi) is 6.45. The van der Waals surface area contributed by atoms with Gasteiger partial charge in [-0.25, -0.2) is 9.78 Å². The van der Waals surface area contributed by atoms with Gasteiger partial charge in [-0.05, 0) is 49.9 Å². The quantitative estimate of drug-likeness (QED) is 0.758. The van der Waals surface area contributed by atoms with E-state index in [4.69, 9.17) is 4.74 Å². The first-order valence-electron chi connectivity index (χ1n) is 9.79. The lowest BCUT2D eigenvalue weighted by atomic mass is 10.1. The summed E-state index contributed by atoms with van der Waals surface area (Å²) in [7, 11) is 0. The van der Waals surface area contributed by atoms with E-state index in [1.165, 1.54) is 11.1 Å². The van der Waals surface area contributed by atoms with Crippen LogP contribution in [0.2, 0.25) is 0 Å². The van der Waals surface area contributed by atoms with Crippen molar-refractivity contribution in [2.45, 2.75) is 52.3 Å². The molecule has 0 radical (unpaired) electrons. The number of rotatable bonds is 7. The van der Waals surface area contributed by atoms with Crippen molar-refractivity contribution in [2.75, 3.05) is 18.0 Å². The third-order valence-electron chi connectivity index (χ3n) is 4.92. The fraction of sp³-hybridized carbons (Fsp3) is 0.455. The first-order valence-corrected chi connectivity index (χ1v) is 9.79. The molecule has 1 atom stereocenters. The number of hydrogen-bond acceptors (Lipinski definition) is 5. The zero-order chi connectivity index (χ0) is 19.2. The summed E-state index contributed by atoms with van der Waals surface area (Å²) in [5, 5.41) is 3.67. The Bertz CT molecular complexity index is 776. The number of carbonyl (C=O) groups is 1. The van der Waals surface area contributed by atoms with E-state index in [1.807, 2.05) is 13.8 Å². The number of aromatic nitrogens is 1. The number of nitrogens with zero attached hydrogens (tertiary/aromatic N) is 2. The Hall–Kier alpha value is -2.40. The second-order valence-corrected chi connectivity index (χ2v) is 7.26. The van der Waals surface area contributed by atoms with Crippen LogP contribution in [0.25, 0.3) is 0 Å². The lowest BCUT2D eigenvalue weighted by molar-refractivity contribution is 0.0378. The first-order chi connectivity index (χ1) is 13.1. The van der Waals surface area contributed by atoms with Gasteiger partial charge in [-0.1, -0.05) is 31.2 Å². The maximum Gasteiger partial charge on any atom is 0.342 e. The number of anilines is 1. The molecule has 0 saturated carbocycles. The molecule has 1 N–H and O–H groups in total. The van der Waals surface area contributed by atoms with Crippen LogP contribution in [0, 0.1) is 0 Å². The molecule has 5 heteroatoms. The van der Waals surface area contributed by atoms with Crippen molar-refractivity contribution in [1.82, 2.24) is 10.3 Å². The minimum atomic E-state index is -0.304. The highest BCUT2D eigenvalue weighted by Gasteiger charge is 2.27. The average Bonchev–Trinajstić information content (AvgIpc) is 3.15. The molecule has 144 valence electrons. The largest absolute Gasteiger partial charge is 0.459 e. The van der Waals surface area contributed by atoms with E-state index < -0.39 is 0 Å². The molecule has 1 unspecified atom stereocenters. The molecule has 1 aromatic heterocycles. The fourth-order valence-electron chi connectivity index (χ4n) is 3.53.